The minimum Gasteiger partial charge on any atom is -0.368 e. The van der Waals surface area contributed by atoms with E-state index in [1.165, 1.54) is 4.68 Å². The van der Waals surface area contributed by atoms with E-state index in [2.05, 4.69) is 30.9 Å². The molecule has 0 fully saturated rings. The Bertz CT molecular complexity index is 824. The second-order valence-corrected chi connectivity index (χ2v) is 5.21. The van der Waals surface area contributed by atoms with Gasteiger partial charge in [0.15, 0.2) is 5.69 Å². The fourth-order valence-corrected chi connectivity index (χ4v) is 2.17. The first kappa shape index (κ1) is 15.7. The Kier molecular flexibility index (Phi) is 4.50. The average Bonchev–Trinajstić information content (AvgIpc) is 3.22. The highest BCUT2D eigenvalue weighted by Gasteiger charge is 2.09. The highest BCUT2D eigenvalue weighted by atomic mass is 16.2. The van der Waals surface area contributed by atoms with Crippen molar-refractivity contribution in [1.29, 1.82) is 0 Å². The minimum absolute atomic E-state index is 0.253. The van der Waals surface area contributed by atoms with Gasteiger partial charge in [0.2, 0.25) is 0 Å². The van der Waals surface area contributed by atoms with Crippen LogP contribution in [0.5, 0.6) is 0 Å². The molecule has 0 bridgehead atoms. The van der Waals surface area contributed by atoms with E-state index in [0.717, 1.165) is 5.82 Å². The van der Waals surface area contributed by atoms with Gasteiger partial charge in [-0.3, -0.25) is 9.48 Å². The first-order valence-electron chi connectivity index (χ1n) is 7.49. The number of anilines is 1. The summed E-state index contributed by atoms with van der Waals surface area (Å²) < 4.78 is 3.40. The maximum Gasteiger partial charge on any atom is 0.273 e. The van der Waals surface area contributed by atoms with Gasteiger partial charge >= 0.3 is 0 Å². The molecule has 1 amide bonds. The molecule has 0 aliphatic rings. The first-order valence-corrected chi connectivity index (χ1v) is 7.49. The molecule has 0 aliphatic carbocycles. The van der Waals surface area contributed by atoms with Crippen molar-refractivity contribution in [2.24, 2.45) is 7.05 Å². The van der Waals surface area contributed by atoms with Crippen LogP contribution in [0.3, 0.4) is 0 Å². The maximum atomic E-state index is 11.8. The maximum absolute atomic E-state index is 11.8. The van der Waals surface area contributed by atoms with Crippen molar-refractivity contribution >= 4 is 11.7 Å². The van der Waals surface area contributed by atoms with Gasteiger partial charge in [0.1, 0.15) is 17.5 Å². The molecule has 0 saturated carbocycles. The molecule has 9 nitrogen and oxygen atoms in total. The first-order chi connectivity index (χ1) is 11.6. The molecule has 0 unspecified atom stereocenters. The third-order valence-electron chi connectivity index (χ3n) is 3.25. The van der Waals surface area contributed by atoms with Crippen LogP contribution in [0, 0.1) is 6.92 Å². The number of hydrogen-bond acceptors (Lipinski definition) is 6. The molecule has 3 aromatic heterocycles. The van der Waals surface area contributed by atoms with Crippen LogP contribution in [0.1, 0.15) is 16.3 Å². The monoisotopic (exact) mass is 326 g/mol. The van der Waals surface area contributed by atoms with E-state index in [1.54, 1.807) is 13.2 Å². The van der Waals surface area contributed by atoms with E-state index in [4.69, 9.17) is 0 Å². The number of nitrogens with one attached hydrogen (secondary N) is 2. The molecule has 0 aliphatic heterocycles. The Balaban J connectivity index is 1.54. The predicted molar refractivity (Wildman–Crippen MR) is 87.9 cm³/mol. The Hall–Kier alpha value is -3.23. The van der Waals surface area contributed by atoms with E-state index < -0.39 is 0 Å². The second kappa shape index (κ2) is 6.90. The van der Waals surface area contributed by atoms with Gasteiger partial charge in [-0.15, -0.1) is 5.10 Å². The summed E-state index contributed by atoms with van der Waals surface area (Å²) in [6.07, 6.45) is 5.42. The Morgan fingerprint density at radius 2 is 2.00 bits per heavy atom. The third-order valence-corrected chi connectivity index (χ3v) is 3.25. The fourth-order valence-electron chi connectivity index (χ4n) is 2.17. The largest absolute Gasteiger partial charge is 0.368 e. The number of hydrogen-bond donors (Lipinski definition) is 2. The number of amides is 1. The Morgan fingerprint density at radius 3 is 2.71 bits per heavy atom. The summed E-state index contributed by atoms with van der Waals surface area (Å²) >= 11 is 0. The van der Waals surface area contributed by atoms with Gasteiger partial charge in [0.05, 0.1) is 6.20 Å². The molecule has 3 aromatic rings. The van der Waals surface area contributed by atoms with Crippen molar-refractivity contribution in [3.8, 4) is 5.82 Å². The van der Waals surface area contributed by atoms with Gasteiger partial charge in [-0.1, -0.05) is 5.21 Å². The van der Waals surface area contributed by atoms with Gasteiger partial charge < -0.3 is 15.2 Å². The lowest BCUT2D eigenvalue weighted by atomic mass is 10.4. The van der Waals surface area contributed by atoms with Gasteiger partial charge in [-0.2, -0.15) is 0 Å². The van der Waals surface area contributed by atoms with Crippen molar-refractivity contribution in [2.75, 3.05) is 18.4 Å². The molecule has 3 rings (SSSR count). The normalized spacial score (nSPS) is 10.6. The van der Waals surface area contributed by atoms with E-state index in [-0.39, 0.29) is 5.91 Å². The van der Waals surface area contributed by atoms with Crippen molar-refractivity contribution < 1.29 is 4.79 Å². The van der Waals surface area contributed by atoms with E-state index in [1.807, 2.05) is 42.1 Å². The van der Waals surface area contributed by atoms with Crippen molar-refractivity contribution in [2.45, 2.75) is 6.92 Å². The van der Waals surface area contributed by atoms with Crippen LogP contribution in [0.15, 0.2) is 36.8 Å². The SMILES string of the molecule is Cc1nc(NCCNC(=O)c2cn(C)nn2)cc(-n2cccc2)n1. The Labute approximate surface area is 138 Å². The van der Waals surface area contributed by atoms with Gasteiger partial charge in [-0.25, -0.2) is 9.97 Å². The minimum atomic E-state index is -0.253. The lowest BCUT2D eigenvalue weighted by Gasteiger charge is -2.09. The summed E-state index contributed by atoms with van der Waals surface area (Å²) in [6.45, 7) is 2.82. The summed E-state index contributed by atoms with van der Waals surface area (Å²) in [7, 11) is 1.71. The molecule has 2 N–H and O–H groups in total. The average molecular weight is 326 g/mol. The van der Waals surface area contributed by atoms with Crippen LogP contribution < -0.4 is 10.6 Å². The van der Waals surface area contributed by atoms with Crippen LogP contribution in [0.2, 0.25) is 0 Å². The molecule has 0 atom stereocenters. The summed E-state index contributed by atoms with van der Waals surface area (Å²) in [6, 6.07) is 5.73. The molecule has 0 spiro atoms. The van der Waals surface area contributed by atoms with Crippen molar-refractivity contribution in [1.82, 2.24) is 34.8 Å². The predicted octanol–water partition coefficient (Wildman–Crippen LogP) is 0.546. The van der Waals surface area contributed by atoms with Gasteiger partial charge in [0, 0.05) is 38.6 Å². The van der Waals surface area contributed by atoms with Crippen LogP contribution in [-0.2, 0) is 7.05 Å². The zero-order chi connectivity index (χ0) is 16.9. The molecular formula is C15H18N8O. The number of rotatable bonds is 6. The highest BCUT2D eigenvalue weighted by Crippen LogP contribution is 2.10. The van der Waals surface area contributed by atoms with E-state index >= 15 is 0 Å². The summed E-state index contributed by atoms with van der Waals surface area (Å²) in [5.74, 6) is 1.92. The number of carbonyl (C=O) groups excluding carboxylic acids is 1. The molecule has 0 radical (unpaired) electrons. The van der Waals surface area contributed by atoms with Crippen molar-refractivity contribution in [3.63, 3.8) is 0 Å². The van der Waals surface area contributed by atoms with E-state index in [9.17, 15) is 4.79 Å². The third kappa shape index (κ3) is 3.75. The zero-order valence-corrected chi connectivity index (χ0v) is 13.5. The summed E-state index contributed by atoms with van der Waals surface area (Å²) in [4.78, 5) is 20.6. The lowest BCUT2D eigenvalue weighted by Crippen LogP contribution is -2.29. The molecule has 24 heavy (non-hydrogen) atoms. The van der Waals surface area contributed by atoms with Gasteiger partial charge in [-0.05, 0) is 19.1 Å². The number of nitrogens with zero attached hydrogens (tertiary/aromatic N) is 6. The van der Waals surface area contributed by atoms with Crippen LogP contribution >= 0.6 is 0 Å². The lowest BCUT2D eigenvalue weighted by molar-refractivity contribution is 0.0950. The van der Waals surface area contributed by atoms with Crippen LogP contribution in [0.4, 0.5) is 5.82 Å². The zero-order valence-electron chi connectivity index (χ0n) is 13.5. The van der Waals surface area contributed by atoms with Crippen LogP contribution in [0.25, 0.3) is 5.82 Å². The molecular weight excluding hydrogens is 308 g/mol. The summed E-state index contributed by atoms with van der Waals surface area (Å²) in [5, 5.41) is 13.4. The molecule has 3 heterocycles. The smallest absolute Gasteiger partial charge is 0.273 e. The topological polar surface area (TPSA) is 103 Å². The second-order valence-electron chi connectivity index (χ2n) is 5.21. The van der Waals surface area contributed by atoms with E-state index in [0.29, 0.717) is 30.4 Å². The highest BCUT2D eigenvalue weighted by molar-refractivity contribution is 5.91. The standard InChI is InChI=1S/C15H18N8O/c1-11-18-13(9-14(19-11)23-7-3-4-8-23)16-5-6-17-15(24)12-10-22(2)21-20-12/h3-4,7-10H,5-6H2,1-2H3,(H,17,24)(H,16,18,19). The number of aromatic nitrogens is 6. The number of carbonyl (C=O) groups is 1. The molecule has 0 saturated heterocycles. The van der Waals surface area contributed by atoms with Gasteiger partial charge in [0.25, 0.3) is 5.91 Å². The quantitative estimate of drug-likeness (QED) is 0.641. The van der Waals surface area contributed by atoms with Crippen molar-refractivity contribution in [3.05, 3.63) is 48.3 Å². The molecule has 124 valence electrons. The number of aryl methyl sites for hydroxylation is 2. The van der Waals surface area contributed by atoms with Crippen LogP contribution in [-0.4, -0.2) is 48.5 Å². The summed E-state index contributed by atoms with van der Waals surface area (Å²) in [5.41, 5.74) is 0.297. The Morgan fingerprint density at radius 1 is 1.21 bits per heavy atom. The fraction of sp³-hybridized carbons (Fsp3) is 0.267. The molecule has 0 aromatic carbocycles. The molecule has 9 heteroatoms.